The Morgan fingerprint density at radius 2 is 1.55 bits per heavy atom. The Balaban J connectivity index is 1.78. The van der Waals surface area contributed by atoms with Crippen LogP contribution in [0, 0.1) is 0 Å². The molecule has 0 radical (unpaired) electrons. The maximum atomic E-state index is 13.5. The van der Waals surface area contributed by atoms with Crippen LogP contribution in [0.15, 0.2) is 82.2 Å². The van der Waals surface area contributed by atoms with Crippen LogP contribution in [-0.2, 0) is 9.59 Å². The molecule has 0 spiro atoms. The van der Waals surface area contributed by atoms with Gasteiger partial charge in [-0.25, -0.2) is 4.90 Å². The van der Waals surface area contributed by atoms with Crippen LogP contribution in [0.1, 0.15) is 0 Å². The van der Waals surface area contributed by atoms with Gasteiger partial charge < -0.3 is 14.8 Å². The summed E-state index contributed by atoms with van der Waals surface area (Å²) in [4.78, 5) is 29.1. The fourth-order valence-corrected chi connectivity index (χ4v) is 4.64. The highest BCUT2D eigenvalue weighted by Gasteiger charge is 2.41. The van der Waals surface area contributed by atoms with Crippen molar-refractivity contribution < 1.29 is 19.1 Å². The van der Waals surface area contributed by atoms with Crippen LogP contribution in [0.5, 0.6) is 11.5 Å². The molecular weight excluding hydrogens is 483 g/mol. The molecule has 2 amide bonds. The molecule has 168 valence electrons. The summed E-state index contributed by atoms with van der Waals surface area (Å²) in [6.07, 6.45) is 0. The van der Waals surface area contributed by atoms with Crippen molar-refractivity contribution in [3.63, 3.8) is 0 Å². The standard InChI is InChI=1S/C24H18Cl2N2O4S/c1-31-19-11-9-15(13-17(19)26)27-21-22(33-16-6-4-3-5-7-16)24(30)28(23(21)29)18-12-14(25)8-10-20(18)32-2/h3-13,27H,1-2H3. The first-order chi connectivity index (χ1) is 15.9. The molecule has 1 heterocycles. The molecule has 3 aromatic carbocycles. The van der Waals surface area contributed by atoms with Crippen molar-refractivity contribution in [2.45, 2.75) is 4.90 Å². The normalized spacial score (nSPS) is 13.5. The van der Waals surface area contributed by atoms with Gasteiger partial charge in [-0.3, -0.25) is 9.59 Å². The molecule has 0 bridgehead atoms. The molecule has 0 aliphatic carbocycles. The number of carbonyl (C=O) groups excluding carboxylic acids is 2. The molecule has 1 aliphatic rings. The highest BCUT2D eigenvalue weighted by molar-refractivity contribution is 8.04. The number of halogens is 2. The Morgan fingerprint density at radius 3 is 2.21 bits per heavy atom. The monoisotopic (exact) mass is 500 g/mol. The Hall–Kier alpha value is -3.13. The van der Waals surface area contributed by atoms with Crippen LogP contribution in [-0.4, -0.2) is 26.0 Å². The Kier molecular flexibility index (Phi) is 6.83. The number of ether oxygens (including phenoxy) is 2. The molecule has 0 fully saturated rings. The fraction of sp³-hybridized carbons (Fsp3) is 0.0833. The van der Waals surface area contributed by atoms with Crippen LogP contribution >= 0.6 is 35.0 Å². The molecule has 1 N–H and O–H groups in total. The van der Waals surface area contributed by atoms with E-state index in [-0.39, 0.29) is 16.3 Å². The van der Waals surface area contributed by atoms with Crippen LogP contribution in [0.2, 0.25) is 10.0 Å². The third kappa shape index (κ3) is 4.66. The largest absolute Gasteiger partial charge is 0.495 e. The van der Waals surface area contributed by atoms with E-state index >= 15 is 0 Å². The van der Waals surface area contributed by atoms with E-state index in [4.69, 9.17) is 32.7 Å². The molecular formula is C24H18Cl2N2O4S. The first-order valence-electron chi connectivity index (χ1n) is 9.73. The maximum Gasteiger partial charge on any atom is 0.283 e. The SMILES string of the molecule is COc1ccc(NC2=C(Sc3ccccc3)C(=O)N(c3cc(Cl)ccc3OC)C2=O)cc1Cl. The molecule has 0 unspecified atom stereocenters. The lowest BCUT2D eigenvalue weighted by molar-refractivity contribution is -0.120. The third-order valence-electron chi connectivity index (χ3n) is 4.81. The Labute approximate surface area is 205 Å². The lowest BCUT2D eigenvalue weighted by Crippen LogP contribution is -2.32. The van der Waals surface area contributed by atoms with Crippen molar-refractivity contribution in [1.29, 1.82) is 0 Å². The molecule has 3 aromatic rings. The number of hydrogen-bond acceptors (Lipinski definition) is 6. The minimum absolute atomic E-state index is 0.122. The molecule has 0 saturated heterocycles. The van der Waals surface area contributed by atoms with E-state index in [9.17, 15) is 9.59 Å². The average Bonchev–Trinajstić information content (AvgIpc) is 3.03. The first-order valence-corrected chi connectivity index (χ1v) is 11.3. The van der Waals surface area contributed by atoms with E-state index in [1.165, 1.54) is 32.0 Å². The minimum Gasteiger partial charge on any atom is -0.495 e. The predicted molar refractivity (Wildman–Crippen MR) is 131 cm³/mol. The second kappa shape index (κ2) is 9.79. The zero-order valence-electron chi connectivity index (χ0n) is 17.6. The smallest absolute Gasteiger partial charge is 0.283 e. The zero-order valence-corrected chi connectivity index (χ0v) is 19.9. The van der Waals surface area contributed by atoms with Gasteiger partial charge in [0.2, 0.25) is 0 Å². The maximum absolute atomic E-state index is 13.5. The summed E-state index contributed by atoms with van der Waals surface area (Å²) in [5.41, 5.74) is 0.913. The number of nitrogens with one attached hydrogen (secondary N) is 1. The predicted octanol–water partition coefficient (Wildman–Crippen LogP) is 6.00. The number of rotatable bonds is 7. The summed E-state index contributed by atoms with van der Waals surface area (Å²) in [6.45, 7) is 0. The van der Waals surface area contributed by atoms with Gasteiger partial charge in [0.1, 0.15) is 22.1 Å². The van der Waals surface area contributed by atoms with E-state index in [2.05, 4.69) is 5.32 Å². The number of anilines is 2. The van der Waals surface area contributed by atoms with Crippen LogP contribution in [0.25, 0.3) is 0 Å². The lowest BCUT2D eigenvalue weighted by atomic mass is 10.2. The van der Waals surface area contributed by atoms with Crippen molar-refractivity contribution >= 4 is 58.2 Å². The van der Waals surface area contributed by atoms with Gasteiger partial charge in [-0.15, -0.1) is 0 Å². The molecule has 4 rings (SSSR count). The minimum atomic E-state index is -0.536. The molecule has 9 heteroatoms. The van der Waals surface area contributed by atoms with Gasteiger partial charge in [-0.05, 0) is 48.5 Å². The van der Waals surface area contributed by atoms with Crippen molar-refractivity contribution in [2.75, 3.05) is 24.4 Å². The van der Waals surface area contributed by atoms with E-state index in [0.717, 1.165) is 9.80 Å². The van der Waals surface area contributed by atoms with Crippen LogP contribution in [0.3, 0.4) is 0 Å². The summed E-state index contributed by atoms with van der Waals surface area (Å²) in [5.74, 6) is -0.185. The highest BCUT2D eigenvalue weighted by atomic mass is 35.5. The summed E-state index contributed by atoms with van der Waals surface area (Å²) in [7, 11) is 2.98. The number of imide groups is 1. The van der Waals surface area contributed by atoms with Gasteiger partial charge in [0.05, 0.1) is 24.9 Å². The third-order valence-corrected chi connectivity index (χ3v) is 6.43. The quantitative estimate of drug-likeness (QED) is 0.401. The van der Waals surface area contributed by atoms with Crippen LogP contribution < -0.4 is 19.7 Å². The van der Waals surface area contributed by atoms with E-state index in [1.807, 2.05) is 30.3 Å². The van der Waals surface area contributed by atoms with Gasteiger partial charge in [0.15, 0.2) is 0 Å². The van der Waals surface area contributed by atoms with Crippen molar-refractivity contribution in [3.8, 4) is 11.5 Å². The van der Waals surface area contributed by atoms with Gasteiger partial charge in [-0.1, -0.05) is 53.2 Å². The molecule has 1 aliphatic heterocycles. The number of methoxy groups -OCH3 is 2. The number of hydrogen-bond donors (Lipinski definition) is 1. The summed E-state index contributed by atoms with van der Waals surface area (Å²) in [5, 5.41) is 3.80. The zero-order chi connectivity index (χ0) is 23.5. The molecule has 0 saturated carbocycles. The molecule has 6 nitrogen and oxygen atoms in total. The average molecular weight is 501 g/mol. The Morgan fingerprint density at radius 1 is 0.848 bits per heavy atom. The number of thioether (sulfide) groups is 1. The second-order valence-corrected chi connectivity index (χ2v) is 8.78. The van der Waals surface area contributed by atoms with Crippen molar-refractivity contribution in [3.05, 3.63) is 87.4 Å². The number of nitrogens with zero attached hydrogens (tertiary/aromatic N) is 1. The second-order valence-electron chi connectivity index (χ2n) is 6.86. The molecule has 0 aromatic heterocycles. The van der Waals surface area contributed by atoms with Gasteiger partial charge in [0.25, 0.3) is 11.8 Å². The van der Waals surface area contributed by atoms with E-state index in [1.54, 1.807) is 30.3 Å². The van der Waals surface area contributed by atoms with E-state index in [0.29, 0.717) is 27.2 Å². The van der Waals surface area contributed by atoms with Crippen LogP contribution in [0.4, 0.5) is 11.4 Å². The highest BCUT2D eigenvalue weighted by Crippen LogP contribution is 2.41. The fourth-order valence-electron chi connectivity index (χ4n) is 3.27. The summed E-state index contributed by atoms with van der Waals surface area (Å²) >= 11 is 13.6. The van der Waals surface area contributed by atoms with Gasteiger partial charge in [0, 0.05) is 15.6 Å². The topological polar surface area (TPSA) is 67.9 Å². The number of amides is 2. The molecule has 0 atom stereocenters. The molecule has 33 heavy (non-hydrogen) atoms. The number of benzene rings is 3. The summed E-state index contributed by atoms with van der Waals surface area (Å²) in [6, 6.07) is 19.1. The lowest BCUT2D eigenvalue weighted by Gasteiger charge is -2.18. The van der Waals surface area contributed by atoms with Gasteiger partial charge in [-0.2, -0.15) is 0 Å². The first kappa shape index (κ1) is 23.0. The summed E-state index contributed by atoms with van der Waals surface area (Å²) < 4.78 is 10.6. The Bertz CT molecular complexity index is 1260. The van der Waals surface area contributed by atoms with Crippen molar-refractivity contribution in [2.24, 2.45) is 0 Å². The number of carbonyl (C=O) groups is 2. The van der Waals surface area contributed by atoms with E-state index < -0.39 is 11.8 Å². The van der Waals surface area contributed by atoms with Gasteiger partial charge >= 0.3 is 0 Å². The van der Waals surface area contributed by atoms with Crippen molar-refractivity contribution in [1.82, 2.24) is 0 Å².